The molecule has 0 radical (unpaired) electrons. The van der Waals surface area contributed by atoms with Crippen LogP contribution in [0.1, 0.15) is 34.8 Å². The first kappa shape index (κ1) is 78.7. The van der Waals surface area contributed by atoms with Crippen LogP contribution in [0.2, 0.25) is 5.15 Å². The fourth-order valence-corrected chi connectivity index (χ4v) is 12.4. The van der Waals surface area contributed by atoms with Crippen LogP contribution < -0.4 is 63.4 Å². The van der Waals surface area contributed by atoms with E-state index < -0.39 is 48.9 Å². The van der Waals surface area contributed by atoms with Gasteiger partial charge in [-0.05, 0) is 131 Å². The number of rotatable bonds is 19. The first-order chi connectivity index (χ1) is 47.8. The molecule has 520 valence electrons. The number of anilines is 2. The summed E-state index contributed by atoms with van der Waals surface area (Å²) < 4.78 is 128. The number of benzene rings is 3. The Bertz CT molecular complexity index is 5140. The number of nitrogens with one attached hydrogen (secondary N) is 2. The van der Waals surface area contributed by atoms with E-state index in [0.717, 1.165) is 22.2 Å². The Hall–Kier alpha value is -9.68. The number of aliphatic hydroxyl groups excluding tert-OH is 1. The van der Waals surface area contributed by atoms with E-state index in [4.69, 9.17) is 41.0 Å². The van der Waals surface area contributed by atoms with Gasteiger partial charge in [0, 0.05) is 71.5 Å². The van der Waals surface area contributed by atoms with Crippen LogP contribution in [0.3, 0.4) is 0 Å². The summed E-state index contributed by atoms with van der Waals surface area (Å²) in [7, 11) is -8.65. The van der Waals surface area contributed by atoms with Crippen molar-refractivity contribution in [2.75, 3.05) is 44.0 Å². The second-order valence-corrected chi connectivity index (χ2v) is 27.4. The number of aromatic nitrogens is 12. The summed E-state index contributed by atoms with van der Waals surface area (Å²) in [5, 5.41) is 30.2. The SMILES string of the molecule is CC(C)CO.COc1nc(F)ccc1-c1nccc2cc(S(=O)(=O)Nc3ccncn3)ccc12.COc1nc(F)ccc1B(O)O.COc1nc(OCC(C)C)ccc1-c1nccc2cc(S(=O)(=O)Nc3ccncn3)ccc12.O=S(=O)(Cc1ccncn1)c1ccc2c(Cl)nccc2c1.[H-].[Na+]. The summed E-state index contributed by atoms with van der Waals surface area (Å²) in [6, 6.07) is 32.5. The van der Waals surface area contributed by atoms with Crippen molar-refractivity contribution in [1.29, 1.82) is 0 Å². The molecule has 0 saturated carbocycles. The Labute approximate surface area is 608 Å². The van der Waals surface area contributed by atoms with Crippen molar-refractivity contribution in [3.05, 3.63) is 206 Å². The Morgan fingerprint density at radius 2 is 0.960 bits per heavy atom. The predicted octanol–water partition coefficient (Wildman–Crippen LogP) is 6.28. The number of methoxy groups -OCH3 is 3. The smallest absolute Gasteiger partial charge is 1.00 e. The van der Waals surface area contributed by atoms with Crippen LogP contribution in [0, 0.1) is 23.7 Å². The molecule has 12 aromatic rings. The Kier molecular flexibility index (Phi) is 28.5. The average Bonchev–Trinajstić information content (AvgIpc) is 0.786. The second-order valence-electron chi connectivity index (χ2n) is 21.7. The van der Waals surface area contributed by atoms with E-state index in [2.05, 4.69) is 87.8 Å². The molecule has 0 bridgehead atoms. The molecule has 5 N–H and O–H groups in total. The number of halogens is 3. The fourth-order valence-electron chi connectivity index (χ4n) is 8.80. The molecular formula is C66H65BClF2N14NaO13S3. The number of aliphatic hydroxyl groups is 1. The number of hydrogen-bond donors (Lipinski definition) is 5. The van der Waals surface area contributed by atoms with E-state index >= 15 is 0 Å². The summed E-state index contributed by atoms with van der Waals surface area (Å²) in [4.78, 5) is 47.7. The summed E-state index contributed by atoms with van der Waals surface area (Å²) >= 11 is 5.98. The van der Waals surface area contributed by atoms with Crippen LogP contribution in [0.4, 0.5) is 20.4 Å². The molecule has 3 aromatic carbocycles. The predicted molar refractivity (Wildman–Crippen MR) is 372 cm³/mol. The molecular weight excluding hydrogens is 1400 g/mol. The summed E-state index contributed by atoms with van der Waals surface area (Å²) in [5.41, 5.74) is 2.79. The molecule has 27 nitrogen and oxygen atoms in total. The molecule has 0 aliphatic rings. The average molecular weight is 1470 g/mol. The van der Waals surface area contributed by atoms with Crippen molar-refractivity contribution in [2.45, 2.75) is 48.1 Å². The number of ether oxygens (including phenoxy) is 4. The van der Waals surface area contributed by atoms with Gasteiger partial charge in [-0.3, -0.25) is 19.4 Å². The second kappa shape index (κ2) is 36.6. The molecule has 9 heterocycles. The summed E-state index contributed by atoms with van der Waals surface area (Å²) in [5.74, 6) is 0.408. The molecule has 0 fully saturated rings. The maximum Gasteiger partial charge on any atom is 1.00 e. The maximum absolute atomic E-state index is 13.4. The first-order valence-electron chi connectivity index (χ1n) is 29.8. The van der Waals surface area contributed by atoms with Crippen molar-refractivity contribution < 1.29 is 99.1 Å². The van der Waals surface area contributed by atoms with Gasteiger partial charge < -0.3 is 35.5 Å². The van der Waals surface area contributed by atoms with Gasteiger partial charge in [-0.25, -0.2) is 60.1 Å². The number of pyridine rings is 6. The quantitative estimate of drug-likeness (QED) is 0.0439. The zero-order valence-corrected chi connectivity index (χ0v) is 60.5. The third-order valence-corrected chi connectivity index (χ3v) is 18.2. The molecule has 0 amide bonds. The normalized spacial score (nSPS) is 11.1. The van der Waals surface area contributed by atoms with Gasteiger partial charge in [0.2, 0.25) is 35.4 Å². The van der Waals surface area contributed by atoms with Gasteiger partial charge in [0.15, 0.2) is 9.84 Å². The standard InChI is InChI=1S/C23H23N5O4S.C19H14FN5O3S.C14H10ClN3O2S.C6H7BFNO3.C4H10O.Na.H/c1-15(2)13-32-21-7-6-19(23(27-21)31-3)22-18-5-4-17(12-16(18)8-11-25-22)33(29,30)28-20-9-10-24-14-26-20;1-28-19-15(4-5-16(20)24-19)18-14-3-2-13(10-12(14)6-9-22-18)29(26,27)25-17-7-8-21-11-23-17;15-14-13-2-1-12(7-10(13)3-6-17-14)21(19,20)8-11-4-5-16-9-18-11;1-12-6-4(7(10)11)2-3-5(8)9-6;1-4(2)3-5;;/h4-12,14-15H,13H2,1-3H3,(H,24,26,28);2-11H,1H3,(H,21,23,25);1-7,9H,8H2;2-3,10-11H,1H3;4-5H,3H2,1-2H3;;/q;;;;;+1;-1. The number of fused-ring (bicyclic) bond motifs is 3. The van der Waals surface area contributed by atoms with Gasteiger partial charge in [-0.15, -0.1) is 0 Å². The molecule has 9 aromatic heterocycles. The molecule has 0 atom stereocenters. The number of sulfone groups is 1. The molecule has 12 rings (SSSR count). The van der Waals surface area contributed by atoms with Crippen molar-refractivity contribution in [3.63, 3.8) is 0 Å². The summed E-state index contributed by atoms with van der Waals surface area (Å²) in [6.07, 6.45) is 13.0. The van der Waals surface area contributed by atoms with Crippen molar-refractivity contribution in [3.8, 4) is 46.0 Å². The zero-order valence-electron chi connectivity index (χ0n) is 56.3. The third-order valence-electron chi connectivity index (χ3n) is 13.6. The van der Waals surface area contributed by atoms with Crippen molar-refractivity contribution in [1.82, 2.24) is 59.8 Å². The van der Waals surface area contributed by atoms with Crippen LogP contribution >= 0.6 is 11.6 Å². The number of sulfonamides is 2. The van der Waals surface area contributed by atoms with Gasteiger partial charge in [-0.1, -0.05) is 57.5 Å². The van der Waals surface area contributed by atoms with E-state index in [9.17, 15) is 34.0 Å². The van der Waals surface area contributed by atoms with Crippen molar-refractivity contribution in [2.24, 2.45) is 11.8 Å². The molecule has 35 heteroatoms. The van der Waals surface area contributed by atoms with Gasteiger partial charge in [0.25, 0.3) is 20.0 Å². The number of hydrogen-bond acceptors (Lipinski definition) is 25. The number of nitrogens with zero attached hydrogens (tertiary/aromatic N) is 12. The molecule has 0 spiro atoms. The van der Waals surface area contributed by atoms with Gasteiger partial charge in [0.1, 0.15) is 35.8 Å². The zero-order chi connectivity index (χ0) is 72.2. The Morgan fingerprint density at radius 3 is 1.44 bits per heavy atom. The summed E-state index contributed by atoms with van der Waals surface area (Å²) in [6.45, 7) is 8.91. The van der Waals surface area contributed by atoms with E-state index in [1.807, 2.05) is 19.9 Å². The topological polar surface area (TPSA) is 379 Å². The molecule has 101 heavy (non-hydrogen) atoms. The Balaban J connectivity index is 0.000000217. The van der Waals surface area contributed by atoms with Crippen LogP contribution in [0.25, 0.3) is 54.8 Å². The molecule has 0 aliphatic heterocycles. The van der Waals surface area contributed by atoms with Crippen LogP contribution in [0.5, 0.6) is 23.5 Å². The Morgan fingerprint density at radius 1 is 0.515 bits per heavy atom. The minimum atomic E-state index is -3.85. The van der Waals surface area contributed by atoms with Crippen LogP contribution in [0.15, 0.2) is 198 Å². The monoisotopic (exact) mass is 1460 g/mol. The van der Waals surface area contributed by atoms with E-state index in [-0.39, 0.29) is 80.3 Å². The van der Waals surface area contributed by atoms with Crippen LogP contribution in [-0.4, -0.2) is 142 Å². The van der Waals surface area contributed by atoms with Gasteiger partial charge in [-0.2, -0.15) is 23.7 Å². The third kappa shape index (κ3) is 21.7. The minimum Gasteiger partial charge on any atom is -1.00 e. The minimum absolute atomic E-state index is 0. The van der Waals surface area contributed by atoms with Crippen molar-refractivity contribution >= 4 is 98.0 Å². The van der Waals surface area contributed by atoms with E-state index in [0.29, 0.717) is 86.3 Å². The largest absolute Gasteiger partial charge is 1.00 e. The maximum atomic E-state index is 13.4. The van der Waals surface area contributed by atoms with Gasteiger partial charge in [0.05, 0.1) is 76.6 Å². The van der Waals surface area contributed by atoms with E-state index in [1.54, 1.807) is 73.1 Å². The molecule has 0 saturated heterocycles. The molecule has 0 aliphatic carbocycles. The van der Waals surface area contributed by atoms with Crippen LogP contribution in [-0.2, 0) is 35.6 Å². The molecule has 0 unspecified atom stereocenters. The van der Waals surface area contributed by atoms with Gasteiger partial charge >= 0.3 is 36.7 Å². The fraction of sp³-hybridized carbons (Fsp3) is 0.182. The van der Waals surface area contributed by atoms with E-state index in [1.165, 1.54) is 120 Å². The first-order valence-corrected chi connectivity index (χ1v) is 34.8.